The summed E-state index contributed by atoms with van der Waals surface area (Å²) in [7, 11) is -2.30. The van der Waals surface area contributed by atoms with Crippen LogP contribution in [0.5, 0.6) is 0 Å². The van der Waals surface area contributed by atoms with Gasteiger partial charge in [-0.15, -0.1) is 0 Å². The molecular formula is C16H20FN3O3S. The normalized spacial score (nSPS) is 22.2. The molecule has 0 bridgehead atoms. The number of sulfonamides is 1. The molecule has 1 aliphatic rings. The van der Waals surface area contributed by atoms with Gasteiger partial charge in [-0.25, -0.2) is 17.8 Å². The number of imidazole rings is 1. The van der Waals surface area contributed by atoms with Gasteiger partial charge in [-0.2, -0.15) is 4.31 Å². The summed E-state index contributed by atoms with van der Waals surface area (Å²) in [4.78, 5) is 7.53. The quantitative estimate of drug-likeness (QED) is 0.915. The largest absolute Gasteiger partial charge is 0.380 e. The van der Waals surface area contributed by atoms with E-state index >= 15 is 0 Å². The number of aromatic nitrogens is 2. The average molecular weight is 353 g/mol. The minimum Gasteiger partial charge on any atom is -0.380 e. The fraction of sp³-hybridized carbons (Fsp3) is 0.438. The Hall–Kier alpha value is -1.77. The predicted octanol–water partition coefficient (Wildman–Crippen LogP) is 2.32. The molecule has 3 rings (SSSR count). The SMILES string of the molecule is CO[C@@H]1C[C@@H](c2nc(C)c(C)[nH]2)N(S(=O)(=O)c2cccc(F)c2)C1. The van der Waals surface area contributed by atoms with Gasteiger partial charge in [0.15, 0.2) is 0 Å². The van der Waals surface area contributed by atoms with E-state index in [1.54, 1.807) is 7.11 Å². The van der Waals surface area contributed by atoms with Crippen molar-refractivity contribution in [3.05, 3.63) is 47.3 Å². The third-order valence-corrected chi connectivity index (χ3v) is 6.29. The zero-order valence-corrected chi connectivity index (χ0v) is 14.6. The molecule has 130 valence electrons. The van der Waals surface area contributed by atoms with E-state index in [-0.39, 0.29) is 17.5 Å². The molecule has 1 saturated heterocycles. The smallest absolute Gasteiger partial charge is 0.243 e. The van der Waals surface area contributed by atoms with Crippen molar-refractivity contribution in [2.24, 2.45) is 0 Å². The second kappa shape index (κ2) is 6.27. The Balaban J connectivity index is 2.02. The van der Waals surface area contributed by atoms with Crippen LogP contribution in [0.2, 0.25) is 0 Å². The first-order valence-electron chi connectivity index (χ1n) is 7.66. The molecule has 24 heavy (non-hydrogen) atoms. The van der Waals surface area contributed by atoms with Gasteiger partial charge in [0.2, 0.25) is 10.0 Å². The Morgan fingerprint density at radius 2 is 2.12 bits per heavy atom. The van der Waals surface area contributed by atoms with E-state index in [0.717, 1.165) is 17.5 Å². The maximum atomic E-state index is 13.5. The van der Waals surface area contributed by atoms with Crippen LogP contribution in [0.4, 0.5) is 4.39 Å². The van der Waals surface area contributed by atoms with Crippen LogP contribution in [-0.2, 0) is 14.8 Å². The van der Waals surface area contributed by atoms with Crippen molar-refractivity contribution in [1.29, 1.82) is 0 Å². The minimum atomic E-state index is -3.85. The first-order chi connectivity index (χ1) is 11.3. The Morgan fingerprint density at radius 1 is 1.38 bits per heavy atom. The van der Waals surface area contributed by atoms with Gasteiger partial charge in [-0.1, -0.05) is 6.07 Å². The second-order valence-corrected chi connectivity index (χ2v) is 7.86. The van der Waals surface area contributed by atoms with Crippen LogP contribution in [-0.4, -0.2) is 42.4 Å². The van der Waals surface area contributed by atoms with Crippen molar-refractivity contribution < 1.29 is 17.5 Å². The molecule has 0 saturated carbocycles. The van der Waals surface area contributed by atoms with Crippen molar-refractivity contribution in [2.75, 3.05) is 13.7 Å². The number of H-pyrrole nitrogens is 1. The average Bonchev–Trinajstić information content (AvgIpc) is 3.12. The maximum absolute atomic E-state index is 13.5. The van der Waals surface area contributed by atoms with Crippen LogP contribution in [0.1, 0.15) is 29.7 Å². The van der Waals surface area contributed by atoms with Crippen LogP contribution in [0, 0.1) is 19.7 Å². The summed E-state index contributed by atoms with van der Waals surface area (Å²) in [6.07, 6.45) is 0.265. The number of halogens is 1. The molecule has 1 N–H and O–H groups in total. The Kier molecular flexibility index (Phi) is 4.46. The minimum absolute atomic E-state index is 0.0655. The van der Waals surface area contributed by atoms with Gasteiger partial charge in [-0.05, 0) is 38.5 Å². The van der Waals surface area contributed by atoms with E-state index in [9.17, 15) is 12.8 Å². The number of rotatable bonds is 4. The molecule has 0 spiro atoms. The van der Waals surface area contributed by atoms with Gasteiger partial charge >= 0.3 is 0 Å². The maximum Gasteiger partial charge on any atom is 0.243 e. The number of nitrogens with zero attached hydrogens (tertiary/aromatic N) is 2. The first kappa shape index (κ1) is 17.1. The fourth-order valence-corrected chi connectivity index (χ4v) is 4.62. The van der Waals surface area contributed by atoms with Crippen molar-refractivity contribution >= 4 is 10.0 Å². The molecule has 1 aromatic heterocycles. The van der Waals surface area contributed by atoms with Gasteiger partial charge in [0.1, 0.15) is 11.6 Å². The summed E-state index contributed by atoms with van der Waals surface area (Å²) in [6, 6.07) is 4.58. The summed E-state index contributed by atoms with van der Waals surface area (Å²) >= 11 is 0. The van der Waals surface area contributed by atoms with E-state index in [1.165, 1.54) is 22.5 Å². The summed E-state index contributed by atoms with van der Waals surface area (Å²) in [5.74, 6) is 0.00401. The number of hydrogen-bond donors (Lipinski definition) is 1. The second-order valence-electron chi connectivity index (χ2n) is 5.97. The van der Waals surface area contributed by atoms with Crippen LogP contribution < -0.4 is 0 Å². The first-order valence-corrected chi connectivity index (χ1v) is 9.10. The topological polar surface area (TPSA) is 75.3 Å². The molecule has 1 aromatic carbocycles. The zero-order valence-electron chi connectivity index (χ0n) is 13.8. The number of aromatic amines is 1. The molecule has 2 aromatic rings. The number of benzene rings is 1. The third kappa shape index (κ3) is 2.97. The van der Waals surface area contributed by atoms with Crippen LogP contribution in [0.25, 0.3) is 0 Å². The molecule has 1 aliphatic heterocycles. The number of nitrogens with one attached hydrogen (secondary N) is 1. The zero-order chi connectivity index (χ0) is 17.5. The number of hydrogen-bond acceptors (Lipinski definition) is 4. The lowest BCUT2D eigenvalue weighted by atomic mass is 10.2. The van der Waals surface area contributed by atoms with E-state index in [0.29, 0.717) is 12.2 Å². The van der Waals surface area contributed by atoms with E-state index in [4.69, 9.17) is 4.74 Å². The molecule has 0 unspecified atom stereocenters. The number of methoxy groups -OCH3 is 1. The van der Waals surface area contributed by atoms with Gasteiger partial charge in [0, 0.05) is 19.3 Å². The molecule has 0 aliphatic carbocycles. The molecule has 0 amide bonds. The van der Waals surface area contributed by atoms with E-state index in [1.807, 2.05) is 13.8 Å². The molecule has 2 heterocycles. The highest BCUT2D eigenvalue weighted by Gasteiger charge is 2.42. The van der Waals surface area contributed by atoms with Crippen LogP contribution in [0.3, 0.4) is 0 Å². The van der Waals surface area contributed by atoms with Gasteiger partial charge < -0.3 is 9.72 Å². The molecule has 1 fully saturated rings. The summed E-state index contributed by atoms with van der Waals surface area (Å²) in [6.45, 7) is 3.96. The van der Waals surface area contributed by atoms with E-state index < -0.39 is 21.9 Å². The lowest BCUT2D eigenvalue weighted by Crippen LogP contribution is -2.32. The van der Waals surface area contributed by atoms with Crippen molar-refractivity contribution in [1.82, 2.24) is 14.3 Å². The molecule has 2 atom stereocenters. The summed E-state index contributed by atoms with van der Waals surface area (Å²) in [5, 5.41) is 0. The van der Waals surface area contributed by atoms with Crippen LogP contribution in [0.15, 0.2) is 29.2 Å². The number of aryl methyl sites for hydroxylation is 2. The Bertz CT molecular complexity index is 831. The standard InChI is InChI=1S/C16H20FN3O3S/c1-10-11(2)19-16(18-10)15-8-13(23-3)9-20(15)24(21,22)14-6-4-5-12(17)7-14/h4-7,13,15H,8-9H2,1-3H3,(H,18,19)/t13-,15+/m1/s1. The highest BCUT2D eigenvalue weighted by atomic mass is 32.2. The fourth-order valence-electron chi connectivity index (χ4n) is 2.95. The van der Waals surface area contributed by atoms with Gasteiger partial charge in [0.25, 0.3) is 0 Å². The predicted molar refractivity (Wildman–Crippen MR) is 86.5 cm³/mol. The third-order valence-electron chi connectivity index (χ3n) is 4.42. The highest BCUT2D eigenvalue weighted by molar-refractivity contribution is 7.89. The lowest BCUT2D eigenvalue weighted by molar-refractivity contribution is 0.114. The Morgan fingerprint density at radius 3 is 2.71 bits per heavy atom. The molecule has 8 heteroatoms. The highest BCUT2D eigenvalue weighted by Crippen LogP contribution is 2.36. The Labute approximate surface area is 140 Å². The lowest BCUT2D eigenvalue weighted by Gasteiger charge is -2.22. The summed E-state index contributed by atoms with van der Waals surface area (Å²) < 4.78 is 46.2. The summed E-state index contributed by atoms with van der Waals surface area (Å²) in [5.41, 5.74) is 1.72. The monoisotopic (exact) mass is 353 g/mol. The van der Waals surface area contributed by atoms with Gasteiger partial charge in [0.05, 0.1) is 22.7 Å². The van der Waals surface area contributed by atoms with Crippen molar-refractivity contribution in [3.8, 4) is 0 Å². The van der Waals surface area contributed by atoms with Crippen molar-refractivity contribution in [3.63, 3.8) is 0 Å². The van der Waals surface area contributed by atoms with Crippen molar-refractivity contribution in [2.45, 2.75) is 37.3 Å². The van der Waals surface area contributed by atoms with Crippen LogP contribution >= 0.6 is 0 Å². The molecular weight excluding hydrogens is 333 g/mol. The van der Waals surface area contributed by atoms with Gasteiger partial charge in [-0.3, -0.25) is 0 Å². The van der Waals surface area contributed by atoms with E-state index in [2.05, 4.69) is 9.97 Å². The molecule has 0 radical (unpaired) electrons. The number of ether oxygens (including phenoxy) is 1. The molecule has 6 nitrogen and oxygen atoms in total.